The van der Waals surface area contributed by atoms with Crippen LogP contribution in [0.2, 0.25) is 0 Å². The number of hydrogen-bond donors (Lipinski definition) is 1. The van der Waals surface area contributed by atoms with Gasteiger partial charge < -0.3 is 5.32 Å². The molecule has 0 aromatic carbocycles. The highest BCUT2D eigenvalue weighted by Gasteiger charge is 1.78. The van der Waals surface area contributed by atoms with Gasteiger partial charge in [0.25, 0.3) is 0 Å². The smallest absolute Gasteiger partial charge is 0.0115 e. The standard InChI is InChI=1S/C7H15N/c1-4-6-7(3)8-5-2/h6,8H,4-5H2,1-3H3/b7-6-. The van der Waals surface area contributed by atoms with Crippen LogP contribution < -0.4 is 5.32 Å². The summed E-state index contributed by atoms with van der Waals surface area (Å²) in [6.45, 7) is 7.36. The van der Waals surface area contributed by atoms with Gasteiger partial charge in [-0.3, -0.25) is 0 Å². The van der Waals surface area contributed by atoms with Crippen LogP contribution in [-0.2, 0) is 0 Å². The van der Waals surface area contributed by atoms with E-state index in [1.165, 1.54) is 5.70 Å². The predicted octanol–water partition coefficient (Wildman–Crippen LogP) is 1.91. The highest BCUT2D eigenvalue weighted by Crippen LogP contribution is 1.87. The van der Waals surface area contributed by atoms with Crippen LogP contribution in [0, 0.1) is 0 Å². The summed E-state index contributed by atoms with van der Waals surface area (Å²) >= 11 is 0. The summed E-state index contributed by atoms with van der Waals surface area (Å²) in [5.74, 6) is 0. The van der Waals surface area contributed by atoms with Gasteiger partial charge in [0.15, 0.2) is 0 Å². The molecule has 1 nitrogen and oxygen atoms in total. The van der Waals surface area contributed by atoms with Crippen LogP contribution in [-0.4, -0.2) is 6.54 Å². The van der Waals surface area contributed by atoms with E-state index < -0.39 is 0 Å². The zero-order chi connectivity index (χ0) is 6.41. The van der Waals surface area contributed by atoms with Crippen LogP contribution in [0.25, 0.3) is 0 Å². The summed E-state index contributed by atoms with van der Waals surface area (Å²) < 4.78 is 0. The van der Waals surface area contributed by atoms with Crippen LogP contribution in [0.4, 0.5) is 0 Å². The molecule has 0 atom stereocenters. The lowest BCUT2D eigenvalue weighted by atomic mass is 10.3. The summed E-state index contributed by atoms with van der Waals surface area (Å²) in [6.07, 6.45) is 3.31. The first kappa shape index (κ1) is 7.54. The van der Waals surface area contributed by atoms with E-state index in [-0.39, 0.29) is 0 Å². The van der Waals surface area contributed by atoms with E-state index in [2.05, 4.69) is 32.2 Å². The van der Waals surface area contributed by atoms with Crippen molar-refractivity contribution in [1.29, 1.82) is 0 Å². The van der Waals surface area contributed by atoms with Crippen molar-refractivity contribution >= 4 is 0 Å². The Bertz CT molecular complexity index is 74.5. The van der Waals surface area contributed by atoms with Crippen molar-refractivity contribution in [3.63, 3.8) is 0 Å². The summed E-state index contributed by atoms with van der Waals surface area (Å²) in [5, 5.41) is 3.21. The molecular formula is C7H15N. The first-order valence-electron chi connectivity index (χ1n) is 3.21. The largest absolute Gasteiger partial charge is 0.389 e. The summed E-state index contributed by atoms with van der Waals surface area (Å²) in [6, 6.07) is 0. The maximum atomic E-state index is 3.21. The minimum atomic E-state index is 1.03. The lowest BCUT2D eigenvalue weighted by molar-refractivity contribution is 0.845. The monoisotopic (exact) mass is 113 g/mol. The highest BCUT2D eigenvalue weighted by molar-refractivity contribution is 4.93. The van der Waals surface area contributed by atoms with Crippen LogP contribution in [0.5, 0.6) is 0 Å². The van der Waals surface area contributed by atoms with Crippen LogP contribution in [0.3, 0.4) is 0 Å². The molecule has 0 aromatic heterocycles. The summed E-state index contributed by atoms with van der Waals surface area (Å²) in [7, 11) is 0. The third kappa shape index (κ3) is 3.72. The Kier molecular flexibility index (Phi) is 4.42. The zero-order valence-electron chi connectivity index (χ0n) is 5.99. The van der Waals surface area contributed by atoms with Gasteiger partial charge in [0.1, 0.15) is 0 Å². The fraction of sp³-hybridized carbons (Fsp3) is 0.714. The number of allylic oxidation sites excluding steroid dienone is 2. The van der Waals surface area contributed by atoms with Crippen molar-refractivity contribution < 1.29 is 0 Å². The van der Waals surface area contributed by atoms with Crippen molar-refractivity contribution in [3.05, 3.63) is 11.8 Å². The number of rotatable bonds is 3. The second-order valence-electron chi connectivity index (χ2n) is 1.83. The van der Waals surface area contributed by atoms with Crippen molar-refractivity contribution in [1.82, 2.24) is 5.32 Å². The van der Waals surface area contributed by atoms with E-state index in [1.807, 2.05) is 0 Å². The first-order valence-corrected chi connectivity index (χ1v) is 3.21. The average Bonchev–Trinajstić information content (AvgIpc) is 1.68. The molecule has 0 unspecified atom stereocenters. The lowest BCUT2D eigenvalue weighted by Crippen LogP contribution is -2.08. The van der Waals surface area contributed by atoms with Crippen LogP contribution in [0.1, 0.15) is 27.2 Å². The molecule has 0 aliphatic carbocycles. The van der Waals surface area contributed by atoms with E-state index in [1.54, 1.807) is 0 Å². The average molecular weight is 113 g/mol. The van der Waals surface area contributed by atoms with E-state index in [0.29, 0.717) is 0 Å². The Labute approximate surface area is 51.8 Å². The predicted molar refractivity (Wildman–Crippen MR) is 37.7 cm³/mol. The van der Waals surface area contributed by atoms with Gasteiger partial charge in [-0.2, -0.15) is 0 Å². The second-order valence-corrected chi connectivity index (χ2v) is 1.83. The van der Waals surface area contributed by atoms with Crippen molar-refractivity contribution in [2.24, 2.45) is 0 Å². The van der Waals surface area contributed by atoms with Crippen molar-refractivity contribution in [3.8, 4) is 0 Å². The molecule has 0 fully saturated rings. The second kappa shape index (κ2) is 4.69. The molecule has 0 saturated heterocycles. The van der Waals surface area contributed by atoms with E-state index in [4.69, 9.17) is 0 Å². The molecule has 0 saturated carbocycles. The molecule has 0 aromatic rings. The first-order chi connectivity index (χ1) is 3.81. The third-order valence-corrected chi connectivity index (χ3v) is 0.966. The molecule has 0 aliphatic rings. The fourth-order valence-electron chi connectivity index (χ4n) is 0.657. The molecule has 0 radical (unpaired) electrons. The van der Waals surface area contributed by atoms with Gasteiger partial charge in [-0.1, -0.05) is 13.0 Å². The molecule has 0 aliphatic heterocycles. The highest BCUT2D eigenvalue weighted by atomic mass is 14.8. The number of nitrogens with one attached hydrogen (secondary N) is 1. The van der Waals surface area contributed by atoms with Crippen molar-refractivity contribution in [2.75, 3.05) is 6.54 Å². The molecule has 0 amide bonds. The van der Waals surface area contributed by atoms with Crippen LogP contribution >= 0.6 is 0 Å². The molecular weight excluding hydrogens is 98.1 g/mol. The molecule has 1 N–H and O–H groups in total. The lowest BCUT2D eigenvalue weighted by Gasteiger charge is -1.99. The summed E-state index contributed by atoms with van der Waals surface area (Å²) in [4.78, 5) is 0. The normalized spacial score (nSPS) is 11.6. The van der Waals surface area contributed by atoms with Crippen LogP contribution in [0.15, 0.2) is 11.8 Å². The Morgan fingerprint density at radius 1 is 1.50 bits per heavy atom. The molecule has 48 valence electrons. The summed E-state index contributed by atoms with van der Waals surface area (Å²) in [5.41, 5.74) is 1.29. The van der Waals surface area contributed by atoms with Gasteiger partial charge >= 0.3 is 0 Å². The maximum Gasteiger partial charge on any atom is 0.0115 e. The topological polar surface area (TPSA) is 12.0 Å². The SMILES string of the molecule is CC/C=C(/C)NCC. The molecule has 0 heterocycles. The van der Waals surface area contributed by atoms with Gasteiger partial charge in [-0.15, -0.1) is 0 Å². The maximum absolute atomic E-state index is 3.21. The molecule has 0 bridgehead atoms. The van der Waals surface area contributed by atoms with Gasteiger partial charge in [-0.05, 0) is 20.3 Å². The van der Waals surface area contributed by atoms with Gasteiger partial charge in [0.05, 0.1) is 0 Å². The fourth-order valence-corrected chi connectivity index (χ4v) is 0.657. The van der Waals surface area contributed by atoms with Gasteiger partial charge in [-0.25, -0.2) is 0 Å². The Morgan fingerprint density at radius 2 is 2.12 bits per heavy atom. The Balaban J connectivity index is 3.29. The van der Waals surface area contributed by atoms with Gasteiger partial charge in [0.2, 0.25) is 0 Å². The quantitative estimate of drug-likeness (QED) is 0.589. The Hall–Kier alpha value is -0.460. The van der Waals surface area contributed by atoms with Gasteiger partial charge in [0, 0.05) is 12.2 Å². The minimum Gasteiger partial charge on any atom is -0.389 e. The molecule has 0 rings (SSSR count). The molecule has 8 heavy (non-hydrogen) atoms. The van der Waals surface area contributed by atoms with E-state index >= 15 is 0 Å². The zero-order valence-corrected chi connectivity index (χ0v) is 5.99. The molecule has 1 heteroatoms. The minimum absolute atomic E-state index is 1.03. The number of hydrogen-bond acceptors (Lipinski definition) is 1. The van der Waals surface area contributed by atoms with E-state index in [0.717, 1.165) is 13.0 Å². The third-order valence-electron chi connectivity index (χ3n) is 0.966. The van der Waals surface area contributed by atoms with Crippen molar-refractivity contribution in [2.45, 2.75) is 27.2 Å². The molecule has 0 spiro atoms. The van der Waals surface area contributed by atoms with E-state index in [9.17, 15) is 0 Å². The Morgan fingerprint density at radius 3 is 2.50 bits per heavy atom.